The fourth-order valence-corrected chi connectivity index (χ4v) is 8.48. The molecule has 0 heterocycles. The van der Waals surface area contributed by atoms with Gasteiger partial charge < -0.3 is 14.2 Å². The standard InChI is InChI=1S/C67H114O6/c1-4-7-10-13-16-19-21-23-25-27-28-29-30-31-32-33-34-35-36-37-38-39-40-41-43-44-46-48-51-54-57-60-66(69)72-63-64(62-71-65(68)59-56-53-50-18-15-12-9-6-3)73-67(70)61-58-55-52-49-47-45-42-26-24-22-20-17-14-11-8-5-2/h7,10,16,19-20,22-23,25-26,28-29,31-32,34-35,42,64H,4-6,8-9,11-15,17-18,21,24,27,30,33,36-41,43-63H2,1-3H3/b10-7-,19-16-,22-20-,25-23-,29-28-,32-31-,35-34-,42-26-. The number of hydrogen-bond acceptors (Lipinski definition) is 6. The van der Waals surface area contributed by atoms with Crippen LogP contribution in [0.5, 0.6) is 0 Å². The highest BCUT2D eigenvalue weighted by molar-refractivity contribution is 5.71. The summed E-state index contributed by atoms with van der Waals surface area (Å²) in [5, 5.41) is 0. The quantitative estimate of drug-likeness (QED) is 0.0261. The van der Waals surface area contributed by atoms with E-state index in [0.717, 1.165) is 122 Å². The first-order valence-electron chi connectivity index (χ1n) is 30.7. The molecule has 6 heteroatoms. The van der Waals surface area contributed by atoms with Crippen LogP contribution >= 0.6 is 0 Å². The van der Waals surface area contributed by atoms with E-state index in [9.17, 15) is 14.4 Å². The molecule has 0 aromatic carbocycles. The topological polar surface area (TPSA) is 78.9 Å². The maximum absolute atomic E-state index is 12.8. The molecular weight excluding hydrogens is 901 g/mol. The third kappa shape index (κ3) is 59.1. The fraction of sp³-hybridized carbons (Fsp3) is 0.716. The van der Waals surface area contributed by atoms with Gasteiger partial charge in [-0.2, -0.15) is 0 Å². The highest BCUT2D eigenvalue weighted by atomic mass is 16.6. The molecular formula is C67H114O6. The van der Waals surface area contributed by atoms with Gasteiger partial charge in [-0.1, -0.05) is 266 Å². The molecule has 0 aliphatic rings. The van der Waals surface area contributed by atoms with Crippen LogP contribution in [-0.2, 0) is 28.6 Å². The molecule has 0 aliphatic carbocycles. The van der Waals surface area contributed by atoms with E-state index in [1.807, 2.05) is 0 Å². The molecule has 0 rings (SSSR count). The van der Waals surface area contributed by atoms with Gasteiger partial charge >= 0.3 is 17.9 Å². The van der Waals surface area contributed by atoms with E-state index < -0.39 is 6.10 Å². The summed E-state index contributed by atoms with van der Waals surface area (Å²) in [4.78, 5) is 38.0. The van der Waals surface area contributed by atoms with E-state index in [0.29, 0.717) is 19.3 Å². The van der Waals surface area contributed by atoms with Crippen molar-refractivity contribution in [2.45, 2.75) is 297 Å². The van der Waals surface area contributed by atoms with E-state index in [2.05, 4.69) is 118 Å². The smallest absolute Gasteiger partial charge is 0.306 e. The summed E-state index contributed by atoms with van der Waals surface area (Å²) in [6.07, 6.45) is 81.4. The van der Waals surface area contributed by atoms with Crippen molar-refractivity contribution >= 4 is 17.9 Å². The number of carbonyl (C=O) groups excluding carboxylic acids is 3. The number of ether oxygens (including phenoxy) is 3. The summed E-state index contributed by atoms with van der Waals surface area (Å²) in [6.45, 7) is 6.48. The SMILES string of the molecule is CC/C=C\C/C=C\C/C=C\C/C=C\C/C=C\C/C=C\CCCCCCCCCCCCCCC(=O)OCC(COC(=O)CCCCCCCCCC)OC(=O)CCCCCCC/C=C\C/C=C\CCCCCC. The first kappa shape index (κ1) is 69.3. The Labute approximate surface area is 451 Å². The Morgan fingerprint density at radius 1 is 0.288 bits per heavy atom. The van der Waals surface area contributed by atoms with Crippen LogP contribution < -0.4 is 0 Å². The minimum atomic E-state index is -0.782. The lowest BCUT2D eigenvalue weighted by Crippen LogP contribution is -2.30. The van der Waals surface area contributed by atoms with Crippen molar-refractivity contribution in [3.8, 4) is 0 Å². The normalized spacial score (nSPS) is 12.8. The number of esters is 3. The van der Waals surface area contributed by atoms with Crippen LogP contribution in [0.2, 0.25) is 0 Å². The van der Waals surface area contributed by atoms with Gasteiger partial charge in [0.25, 0.3) is 0 Å². The molecule has 0 bridgehead atoms. The molecule has 1 atom stereocenters. The largest absolute Gasteiger partial charge is 0.462 e. The number of unbranched alkanes of at least 4 members (excludes halogenated alkanes) is 28. The van der Waals surface area contributed by atoms with Gasteiger partial charge in [-0.15, -0.1) is 0 Å². The first-order valence-corrected chi connectivity index (χ1v) is 30.7. The Kier molecular flexibility index (Phi) is 57.8. The molecule has 0 fully saturated rings. The molecule has 0 N–H and O–H groups in total. The lowest BCUT2D eigenvalue weighted by atomic mass is 10.0. The predicted molar refractivity (Wildman–Crippen MR) is 316 cm³/mol. The van der Waals surface area contributed by atoms with E-state index in [-0.39, 0.29) is 31.1 Å². The van der Waals surface area contributed by atoms with Crippen molar-refractivity contribution in [2.75, 3.05) is 13.2 Å². The summed E-state index contributed by atoms with van der Waals surface area (Å²) in [5.74, 6) is -0.895. The van der Waals surface area contributed by atoms with Gasteiger partial charge in [-0.25, -0.2) is 0 Å². The number of allylic oxidation sites excluding steroid dienone is 16. The van der Waals surface area contributed by atoms with Gasteiger partial charge in [0.1, 0.15) is 13.2 Å². The van der Waals surface area contributed by atoms with E-state index in [4.69, 9.17) is 14.2 Å². The average molecular weight is 1020 g/mol. The molecule has 0 radical (unpaired) electrons. The van der Waals surface area contributed by atoms with Crippen molar-refractivity contribution in [3.05, 3.63) is 97.2 Å². The molecule has 0 amide bonds. The van der Waals surface area contributed by atoms with Gasteiger partial charge in [0, 0.05) is 19.3 Å². The molecule has 1 unspecified atom stereocenters. The monoisotopic (exact) mass is 1010 g/mol. The van der Waals surface area contributed by atoms with Gasteiger partial charge in [0.05, 0.1) is 0 Å². The summed E-state index contributed by atoms with van der Waals surface area (Å²) in [5.41, 5.74) is 0. The van der Waals surface area contributed by atoms with E-state index in [1.54, 1.807) is 0 Å². The number of hydrogen-bond donors (Lipinski definition) is 0. The lowest BCUT2D eigenvalue weighted by molar-refractivity contribution is -0.167. The first-order chi connectivity index (χ1) is 36.0. The summed E-state index contributed by atoms with van der Waals surface area (Å²) >= 11 is 0. The van der Waals surface area contributed by atoms with E-state index >= 15 is 0 Å². The molecule has 0 aromatic rings. The maximum Gasteiger partial charge on any atom is 0.306 e. The van der Waals surface area contributed by atoms with E-state index in [1.165, 1.54) is 128 Å². The van der Waals surface area contributed by atoms with Crippen LogP contribution in [0.15, 0.2) is 97.2 Å². The molecule has 0 spiro atoms. The second-order valence-electron chi connectivity index (χ2n) is 20.2. The average Bonchev–Trinajstić information content (AvgIpc) is 3.39. The minimum Gasteiger partial charge on any atom is -0.462 e. The maximum atomic E-state index is 12.8. The summed E-state index contributed by atoms with van der Waals surface area (Å²) in [7, 11) is 0. The van der Waals surface area contributed by atoms with Gasteiger partial charge in [0.2, 0.25) is 0 Å². The van der Waals surface area contributed by atoms with Gasteiger partial charge in [0.15, 0.2) is 6.10 Å². The lowest BCUT2D eigenvalue weighted by Gasteiger charge is -2.18. The third-order valence-corrected chi connectivity index (χ3v) is 13.1. The van der Waals surface area contributed by atoms with Gasteiger partial charge in [-0.3, -0.25) is 14.4 Å². The highest BCUT2D eigenvalue weighted by Gasteiger charge is 2.19. The fourth-order valence-electron chi connectivity index (χ4n) is 8.48. The van der Waals surface area contributed by atoms with Crippen LogP contribution in [0.1, 0.15) is 290 Å². The van der Waals surface area contributed by atoms with Crippen LogP contribution in [0, 0.1) is 0 Å². The van der Waals surface area contributed by atoms with Crippen LogP contribution in [-0.4, -0.2) is 37.2 Å². The molecule has 0 saturated carbocycles. The molecule has 418 valence electrons. The zero-order valence-electron chi connectivity index (χ0n) is 47.9. The second-order valence-corrected chi connectivity index (χ2v) is 20.2. The molecule has 0 aliphatic heterocycles. The van der Waals surface area contributed by atoms with Gasteiger partial charge in [-0.05, 0) is 103 Å². The Bertz CT molecular complexity index is 1440. The predicted octanol–water partition coefficient (Wildman–Crippen LogP) is 20.9. The Balaban J connectivity index is 4.14. The van der Waals surface area contributed by atoms with Crippen LogP contribution in [0.25, 0.3) is 0 Å². The molecule has 0 saturated heterocycles. The minimum absolute atomic E-state index is 0.0811. The number of rotatable bonds is 55. The second kappa shape index (κ2) is 60.9. The molecule has 73 heavy (non-hydrogen) atoms. The zero-order chi connectivity index (χ0) is 52.9. The van der Waals surface area contributed by atoms with Crippen molar-refractivity contribution in [2.24, 2.45) is 0 Å². The van der Waals surface area contributed by atoms with Crippen molar-refractivity contribution in [3.63, 3.8) is 0 Å². The van der Waals surface area contributed by atoms with Crippen molar-refractivity contribution < 1.29 is 28.6 Å². The highest BCUT2D eigenvalue weighted by Crippen LogP contribution is 2.16. The number of carbonyl (C=O) groups is 3. The van der Waals surface area contributed by atoms with Crippen LogP contribution in [0.3, 0.4) is 0 Å². The molecule has 6 nitrogen and oxygen atoms in total. The zero-order valence-corrected chi connectivity index (χ0v) is 47.9. The Hall–Kier alpha value is -3.67. The third-order valence-electron chi connectivity index (χ3n) is 13.1. The van der Waals surface area contributed by atoms with Crippen molar-refractivity contribution in [1.29, 1.82) is 0 Å². The Morgan fingerprint density at radius 3 is 0.849 bits per heavy atom. The van der Waals surface area contributed by atoms with Crippen LogP contribution in [0.4, 0.5) is 0 Å². The summed E-state index contributed by atoms with van der Waals surface area (Å²) in [6, 6.07) is 0. The Morgan fingerprint density at radius 2 is 0.534 bits per heavy atom. The molecule has 0 aromatic heterocycles. The van der Waals surface area contributed by atoms with Crippen molar-refractivity contribution in [1.82, 2.24) is 0 Å². The summed E-state index contributed by atoms with van der Waals surface area (Å²) < 4.78 is 16.8.